The fourth-order valence-corrected chi connectivity index (χ4v) is 3.97. The smallest absolute Gasteiger partial charge is 0.267 e. The summed E-state index contributed by atoms with van der Waals surface area (Å²) in [6.07, 6.45) is 6.55. The summed E-state index contributed by atoms with van der Waals surface area (Å²) in [4.78, 5) is 36.8. The Labute approximate surface area is 225 Å². The van der Waals surface area contributed by atoms with Gasteiger partial charge in [0.2, 0.25) is 6.79 Å². The lowest BCUT2D eigenvalue weighted by Crippen LogP contribution is -2.26. The number of fused-ring (bicyclic) bond motifs is 1. The Morgan fingerprint density at radius 2 is 1.56 bits per heavy atom. The molecule has 3 amide bonds. The van der Waals surface area contributed by atoms with E-state index < -0.39 is 5.91 Å². The van der Waals surface area contributed by atoms with Gasteiger partial charge in [-0.25, -0.2) is 5.48 Å². The molecule has 39 heavy (non-hydrogen) atoms. The molecule has 1 fully saturated rings. The third-order valence-electron chi connectivity index (χ3n) is 6.29. The number of ether oxygens (including phenoxy) is 2. The Kier molecular flexibility index (Phi) is 7.70. The first kappa shape index (κ1) is 25.7. The SMILES string of the molecule is O=C(/C=C/c1ccc(CNC(=O)c2ccc(C=C(C(=O)NC3CC3)c3ccc4c(c3)OCO4)cc2)cc1)NO. The van der Waals surface area contributed by atoms with Crippen LogP contribution in [0.4, 0.5) is 0 Å². The maximum atomic E-state index is 13.0. The number of amides is 3. The average Bonchev–Trinajstić information content (AvgIpc) is 3.66. The monoisotopic (exact) mass is 525 g/mol. The Morgan fingerprint density at radius 3 is 2.28 bits per heavy atom. The molecule has 0 aromatic heterocycles. The van der Waals surface area contributed by atoms with Gasteiger partial charge >= 0.3 is 0 Å². The Morgan fingerprint density at radius 1 is 0.872 bits per heavy atom. The van der Waals surface area contributed by atoms with Crippen molar-refractivity contribution in [2.45, 2.75) is 25.4 Å². The van der Waals surface area contributed by atoms with E-state index in [9.17, 15) is 14.4 Å². The summed E-state index contributed by atoms with van der Waals surface area (Å²) in [7, 11) is 0. The van der Waals surface area contributed by atoms with Gasteiger partial charge in [0.15, 0.2) is 11.5 Å². The van der Waals surface area contributed by atoms with Crippen LogP contribution in [0.25, 0.3) is 17.7 Å². The van der Waals surface area contributed by atoms with E-state index in [4.69, 9.17) is 14.7 Å². The summed E-state index contributed by atoms with van der Waals surface area (Å²) in [5.41, 5.74) is 5.71. The zero-order valence-corrected chi connectivity index (χ0v) is 21.0. The van der Waals surface area contributed by atoms with Crippen LogP contribution in [0.3, 0.4) is 0 Å². The van der Waals surface area contributed by atoms with Gasteiger partial charge in [0.05, 0.1) is 0 Å². The van der Waals surface area contributed by atoms with Crippen molar-refractivity contribution in [2.24, 2.45) is 0 Å². The first-order valence-corrected chi connectivity index (χ1v) is 12.5. The standard InChI is InChI=1S/C30H27N3O6/c34-28(33-37)14-7-19-1-3-21(4-2-19)17-31-29(35)22-8-5-20(6-9-22)15-25(30(36)32-24-11-12-24)23-10-13-26-27(16-23)39-18-38-26/h1-10,13-16,24,37H,11-12,17-18H2,(H,31,35)(H,32,36)(H,33,34)/b14-7+,25-15?. The Balaban J connectivity index is 1.25. The first-order chi connectivity index (χ1) is 19.0. The largest absolute Gasteiger partial charge is 0.454 e. The number of nitrogens with one attached hydrogen (secondary N) is 3. The van der Waals surface area contributed by atoms with E-state index in [2.05, 4.69) is 10.6 Å². The number of hydrogen-bond donors (Lipinski definition) is 4. The summed E-state index contributed by atoms with van der Waals surface area (Å²) in [5, 5.41) is 14.5. The molecule has 0 saturated heterocycles. The van der Waals surface area contributed by atoms with Crippen LogP contribution in [0, 0.1) is 0 Å². The van der Waals surface area contributed by atoms with E-state index in [0.29, 0.717) is 29.2 Å². The molecule has 4 N–H and O–H groups in total. The topological polar surface area (TPSA) is 126 Å². The van der Waals surface area contributed by atoms with Gasteiger partial charge in [0, 0.05) is 29.8 Å². The summed E-state index contributed by atoms with van der Waals surface area (Å²) in [5.74, 6) is 0.257. The second kappa shape index (κ2) is 11.7. The number of benzene rings is 3. The van der Waals surface area contributed by atoms with Gasteiger partial charge in [0.1, 0.15) is 0 Å². The molecular formula is C30H27N3O6. The van der Waals surface area contributed by atoms with E-state index in [1.54, 1.807) is 60.7 Å². The summed E-state index contributed by atoms with van der Waals surface area (Å²) < 4.78 is 10.9. The second-order valence-corrected chi connectivity index (χ2v) is 9.23. The molecule has 9 heteroatoms. The van der Waals surface area contributed by atoms with Crippen molar-refractivity contribution in [3.8, 4) is 11.5 Å². The quantitative estimate of drug-likeness (QED) is 0.146. The van der Waals surface area contributed by atoms with E-state index in [1.165, 1.54) is 11.6 Å². The van der Waals surface area contributed by atoms with Gasteiger partial charge in [0.25, 0.3) is 17.7 Å². The molecule has 1 heterocycles. The molecule has 0 spiro atoms. The highest BCUT2D eigenvalue weighted by Crippen LogP contribution is 2.35. The van der Waals surface area contributed by atoms with Crippen molar-refractivity contribution < 1.29 is 29.1 Å². The van der Waals surface area contributed by atoms with Crippen molar-refractivity contribution in [1.82, 2.24) is 16.1 Å². The molecule has 198 valence electrons. The van der Waals surface area contributed by atoms with Crippen molar-refractivity contribution >= 4 is 35.4 Å². The fraction of sp³-hybridized carbons (Fsp3) is 0.167. The molecule has 0 atom stereocenters. The average molecular weight is 526 g/mol. The molecule has 3 aromatic carbocycles. The number of carbonyl (C=O) groups excluding carboxylic acids is 3. The van der Waals surface area contributed by atoms with Crippen LogP contribution in [-0.4, -0.2) is 35.8 Å². The molecule has 9 nitrogen and oxygen atoms in total. The number of hydroxylamine groups is 1. The molecule has 0 bridgehead atoms. The van der Waals surface area contributed by atoms with Gasteiger partial charge in [-0.05, 0) is 71.5 Å². The minimum Gasteiger partial charge on any atom is -0.454 e. The molecule has 5 rings (SSSR count). The maximum absolute atomic E-state index is 13.0. The predicted octanol–water partition coefficient (Wildman–Crippen LogP) is 3.68. The highest BCUT2D eigenvalue weighted by Gasteiger charge is 2.26. The number of hydrogen-bond acceptors (Lipinski definition) is 6. The van der Waals surface area contributed by atoms with Crippen molar-refractivity contribution in [1.29, 1.82) is 0 Å². The highest BCUT2D eigenvalue weighted by atomic mass is 16.7. The maximum Gasteiger partial charge on any atom is 0.267 e. The Bertz CT molecular complexity index is 1440. The van der Waals surface area contributed by atoms with Gasteiger partial charge in [-0.1, -0.05) is 42.5 Å². The summed E-state index contributed by atoms with van der Waals surface area (Å²) in [6, 6.07) is 20.0. The van der Waals surface area contributed by atoms with Crippen LogP contribution in [0.5, 0.6) is 11.5 Å². The van der Waals surface area contributed by atoms with Crippen molar-refractivity contribution in [2.75, 3.05) is 6.79 Å². The molecule has 0 radical (unpaired) electrons. The third-order valence-corrected chi connectivity index (χ3v) is 6.29. The number of rotatable bonds is 9. The zero-order valence-electron chi connectivity index (χ0n) is 21.0. The fourth-order valence-electron chi connectivity index (χ4n) is 3.97. The highest BCUT2D eigenvalue weighted by molar-refractivity contribution is 6.24. The lowest BCUT2D eigenvalue weighted by atomic mass is 10.0. The predicted molar refractivity (Wildman–Crippen MR) is 145 cm³/mol. The molecule has 1 aliphatic carbocycles. The van der Waals surface area contributed by atoms with Crippen molar-refractivity contribution in [3.63, 3.8) is 0 Å². The molecule has 2 aliphatic rings. The third kappa shape index (κ3) is 6.71. The lowest BCUT2D eigenvalue weighted by molar-refractivity contribution is -0.124. The lowest BCUT2D eigenvalue weighted by Gasteiger charge is -2.10. The molecular weight excluding hydrogens is 498 g/mol. The van der Waals surface area contributed by atoms with Gasteiger partial charge in [-0.2, -0.15) is 0 Å². The molecule has 3 aromatic rings. The minimum atomic E-state index is -0.612. The van der Waals surface area contributed by atoms with Crippen LogP contribution in [0.15, 0.2) is 72.8 Å². The van der Waals surface area contributed by atoms with Crippen LogP contribution in [0.1, 0.15) is 45.5 Å². The zero-order chi connectivity index (χ0) is 27.2. The normalized spacial score (nSPS) is 14.2. The van der Waals surface area contributed by atoms with Crippen molar-refractivity contribution in [3.05, 3.63) is 101 Å². The summed E-state index contributed by atoms with van der Waals surface area (Å²) in [6.45, 7) is 0.487. The van der Waals surface area contributed by atoms with Crippen LogP contribution in [-0.2, 0) is 16.1 Å². The van der Waals surface area contributed by atoms with E-state index >= 15 is 0 Å². The van der Waals surface area contributed by atoms with Gasteiger partial charge < -0.3 is 20.1 Å². The minimum absolute atomic E-state index is 0.156. The van der Waals surface area contributed by atoms with Gasteiger partial charge in [-0.3, -0.25) is 19.6 Å². The van der Waals surface area contributed by atoms with E-state index in [0.717, 1.165) is 35.1 Å². The summed E-state index contributed by atoms with van der Waals surface area (Å²) >= 11 is 0. The van der Waals surface area contributed by atoms with Crippen LogP contribution >= 0.6 is 0 Å². The Hall–Kier alpha value is -4.89. The molecule has 1 saturated carbocycles. The van der Waals surface area contributed by atoms with E-state index in [-0.39, 0.29) is 24.6 Å². The number of carbonyl (C=O) groups is 3. The van der Waals surface area contributed by atoms with Gasteiger partial charge in [-0.15, -0.1) is 0 Å². The molecule has 1 aliphatic heterocycles. The van der Waals surface area contributed by atoms with Crippen LogP contribution in [0.2, 0.25) is 0 Å². The first-order valence-electron chi connectivity index (χ1n) is 12.5. The van der Waals surface area contributed by atoms with Crippen LogP contribution < -0.4 is 25.6 Å². The van der Waals surface area contributed by atoms with E-state index in [1.807, 2.05) is 18.2 Å². The second-order valence-electron chi connectivity index (χ2n) is 9.23. The molecule has 0 unspecified atom stereocenters.